The summed E-state index contributed by atoms with van der Waals surface area (Å²) in [7, 11) is -5.73. The lowest BCUT2D eigenvalue weighted by molar-refractivity contribution is -0.0514. The van der Waals surface area contributed by atoms with Crippen molar-refractivity contribution >= 4 is 10.1 Å². The van der Waals surface area contributed by atoms with Crippen LogP contribution in [0.25, 0.3) is 0 Å². The summed E-state index contributed by atoms with van der Waals surface area (Å²) < 4.78 is 64.0. The van der Waals surface area contributed by atoms with Gasteiger partial charge in [0.1, 0.15) is 5.75 Å². The first-order valence-corrected chi connectivity index (χ1v) is 7.80. The Kier molecular flexibility index (Phi) is 3.81. The van der Waals surface area contributed by atoms with Gasteiger partial charge in [-0.2, -0.15) is 21.6 Å². The van der Waals surface area contributed by atoms with E-state index in [0.29, 0.717) is 5.56 Å². The molecular weight excluding hydrogens is 321 g/mol. The average Bonchev–Trinajstić information content (AvgIpc) is 2.35. The summed E-state index contributed by atoms with van der Waals surface area (Å²) in [6.45, 7) is 5.22. The molecule has 1 aliphatic carbocycles. The first-order valence-electron chi connectivity index (χ1n) is 6.39. The third-order valence-corrected chi connectivity index (χ3v) is 4.76. The molecule has 1 fully saturated rings. The van der Waals surface area contributed by atoms with Crippen molar-refractivity contribution in [2.24, 2.45) is 0 Å². The number of alkyl halides is 3. The number of hydrogen-bond donors (Lipinski definition) is 1. The van der Waals surface area contributed by atoms with Crippen LogP contribution in [0.1, 0.15) is 25.3 Å². The van der Waals surface area contributed by atoms with Crippen LogP contribution in [-0.4, -0.2) is 24.6 Å². The highest BCUT2D eigenvalue weighted by Gasteiger charge is 2.53. The van der Waals surface area contributed by atoms with E-state index >= 15 is 0 Å². The molecule has 1 aromatic rings. The molecule has 1 N–H and O–H groups in total. The highest BCUT2D eigenvalue weighted by molar-refractivity contribution is 7.88. The number of rotatable bonds is 4. The Hall–Kier alpha value is -1.54. The molecule has 0 aromatic heterocycles. The maximum atomic E-state index is 12.5. The van der Waals surface area contributed by atoms with Gasteiger partial charge >= 0.3 is 15.6 Å². The molecule has 0 heterocycles. The fourth-order valence-electron chi connectivity index (χ4n) is 2.84. The Bertz CT molecular complexity index is 688. The third kappa shape index (κ3) is 2.85. The highest BCUT2D eigenvalue weighted by Crippen LogP contribution is 2.53. The molecule has 1 saturated carbocycles. The number of para-hydroxylation sites is 1. The summed E-state index contributed by atoms with van der Waals surface area (Å²) in [5, 5.41) is 10.0. The van der Waals surface area contributed by atoms with E-state index in [1.54, 1.807) is 13.0 Å². The lowest BCUT2D eigenvalue weighted by Crippen LogP contribution is -2.51. The van der Waals surface area contributed by atoms with Crippen molar-refractivity contribution in [3.8, 4) is 5.75 Å². The lowest BCUT2D eigenvalue weighted by Gasteiger charge is -2.50. The molecule has 0 radical (unpaired) electrons. The number of halogens is 3. The molecule has 0 saturated heterocycles. The molecule has 1 aliphatic rings. The number of benzene rings is 1. The third-order valence-electron chi connectivity index (χ3n) is 3.79. The molecule has 1 aromatic carbocycles. The lowest BCUT2D eigenvalue weighted by atomic mass is 9.57. The minimum atomic E-state index is -5.73. The summed E-state index contributed by atoms with van der Waals surface area (Å²) in [6, 6.07) is 5.60. The second kappa shape index (κ2) is 4.99. The van der Waals surface area contributed by atoms with Crippen LogP contribution in [-0.2, 0) is 15.5 Å². The molecular formula is C14H15F3O4S. The fraction of sp³-hybridized carbons (Fsp3) is 0.429. The van der Waals surface area contributed by atoms with E-state index in [1.807, 2.05) is 0 Å². The largest absolute Gasteiger partial charge is 0.534 e. The second-order valence-electron chi connectivity index (χ2n) is 5.70. The van der Waals surface area contributed by atoms with Gasteiger partial charge in [-0.15, -0.1) is 6.58 Å². The zero-order chi connectivity index (χ0) is 16.8. The van der Waals surface area contributed by atoms with Crippen LogP contribution in [0.3, 0.4) is 0 Å². The van der Waals surface area contributed by atoms with Gasteiger partial charge in [-0.05, 0) is 18.9 Å². The summed E-state index contributed by atoms with van der Waals surface area (Å²) in [5.74, 6) is -0.381. The van der Waals surface area contributed by atoms with E-state index in [1.165, 1.54) is 18.2 Å². The van der Waals surface area contributed by atoms with Crippen molar-refractivity contribution in [3.63, 3.8) is 0 Å². The van der Waals surface area contributed by atoms with Crippen LogP contribution in [0.15, 0.2) is 36.9 Å². The van der Waals surface area contributed by atoms with Gasteiger partial charge in [0, 0.05) is 11.0 Å². The van der Waals surface area contributed by atoms with Crippen LogP contribution >= 0.6 is 0 Å². The Labute approximate surface area is 126 Å². The first-order chi connectivity index (χ1) is 9.93. The number of aliphatic hydroxyl groups is 1. The quantitative estimate of drug-likeness (QED) is 0.522. The minimum Gasteiger partial charge on any atom is -0.386 e. The van der Waals surface area contributed by atoms with Crippen LogP contribution in [0.4, 0.5) is 13.2 Å². The molecule has 0 atom stereocenters. The van der Waals surface area contributed by atoms with Crippen LogP contribution < -0.4 is 4.18 Å². The van der Waals surface area contributed by atoms with Gasteiger partial charge in [-0.25, -0.2) is 0 Å². The SMILES string of the molecule is C=CC1(O)CC(C)(c2ccccc2OS(=O)(=O)C(F)(F)F)C1. The molecule has 0 unspecified atom stereocenters. The summed E-state index contributed by atoms with van der Waals surface area (Å²) in [5.41, 5.74) is -7.00. The zero-order valence-electron chi connectivity index (χ0n) is 11.7. The summed E-state index contributed by atoms with van der Waals surface area (Å²) in [4.78, 5) is 0. The zero-order valence-corrected chi connectivity index (χ0v) is 12.5. The Morgan fingerprint density at radius 1 is 1.32 bits per heavy atom. The van der Waals surface area contributed by atoms with Crippen molar-refractivity contribution in [2.45, 2.75) is 36.3 Å². The predicted octanol–water partition coefficient (Wildman–Crippen LogP) is 2.88. The smallest absolute Gasteiger partial charge is 0.386 e. The molecule has 0 amide bonds. The molecule has 0 spiro atoms. The Balaban J connectivity index is 2.36. The van der Waals surface area contributed by atoms with Gasteiger partial charge in [0.15, 0.2) is 0 Å². The summed E-state index contributed by atoms with van der Waals surface area (Å²) in [6.07, 6.45) is 1.80. The van der Waals surface area contributed by atoms with Crippen LogP contribution in [0.5, 0.6) is 5.75 Å². The Morgan fingerprint density at radius 3 is 2.36 bits per heavy atom. The van der Waals surface area contributed by atoms with E-state index in [2.05, 4.69) is 10.8 Å². The molecule has 0 aliphatic heterocycles. The monoisotopic (exact) mass is 336 g/mol. The van der Waals surface area contributed by atoms with E-state index in [4.69, 9.17) is 0 Å². The molecule has 0 bridgehead atoms. The molecule has 22 heavy (non-hydrogen) atoms. The van der Waals surface area contributed by atoms with Gasteiger partial charge in [-0.3, -0.25) is 0 Å². The van der Waals surface area contributed by atoms with E-state index in [9.17, 15) is 26.7 Å². The standard InChI is InChI=1S/C14H15F3O4S/c1-3-13(18)8-12(2,9-13)10-6-4-5-7-11(10)21-22(19,20)14(15,16)17/h3-7,18H,1,8-9H2,2H3. The van der Waals surface area contributed by atoms with Crippen molar-refractivity contribution < 1.29 is 30.9 Å². The van der Waals surface area contributed by atoms with Crippen molar-refractivity contribution in [1.82, 2.24) is 0 Å². The first kappa shape index (κ1) is 16.8. The normalized spacial score (nSPS) is 28.8. The van der Waals surface area contributed by atoms with Crippen molar-refractivity contribution in [3.05, 3.63) is 42.5 Å². The van der Waals surface area contributed by atoms with E-state index in [0.717, 1.165) is 6.07 Å². The van der Waals surface area contributed by atoms with Crippen LogP contribution in [0.2, 0.25) is 0 Å². The fourth-order valence-corrected chi connectivity index (χ4v) is 3.31. The van der Waals surface area contributed by atoms with Gasteiger partial charge in [-0.1, -0.05) is 31.2 Å². The molecule has 2 rings (SSSR count). The summed E-state index contributed by atoms with van der Waals surface area (Å²) >= 11 is 0. The van der Waals surface area contributed by atoms with Crippen LogP contribution in [0, 0.1) is 0 Å². The van der Waals surface area contributed by atoms with Crippen molar-refractivity contribution in [2.75, 3.05) is 0 Å². The minimum absolute atomic E-state index is 0.218. The maximum Gasteiger partial charge on any atom is 0.534 e. The topological polar surface area (TPSA) is 63.6 Å². The van der Waals surface area contributed by atoms with Gasteiger partial charge in [0.2, 0.25) is 0 Å². The maximum absolute atomic E-state index is 12.5. The van der Waals surface area contributed by atoms with Crippen molar-refractivity contribution in [1.29, 1.82) is 0 Å². The second-order valence-corrected chi connectivity index (χ2v) is 7.24. The Morgan fingerprint density at radius 2 is 1.86 bits per heavy atom. The van der Waals surface area contributed by atoms with Gasteiger partial charge in [0.25, 0.3) is 0 Å². The highest BCUT2D eigenvalue weighted by atomic mass is 32.2. The van der Waals surface area contributed by atoms with Gasteiger partial charge in [0.05, 0.1) is 5.60 Å². The van der Waals surface area contributed by atoms with E-state index in [-0.39, 0.29) is 18.6 Å². The predicted molar refractivity (Wildman–Crippen MR) is 73.8 cm³/mol. The van der Waals surface area contributed by atoms with E-state index < -0.39 is 26.6 Å². The molecule has 4 nitrogen and oxygen atoms in total. The average molecular weight is 336 g/mol. The molecule has 122 valence electrons. The number of hydrogen-bond acceptors (Lipinski definition) is 4. The molecule has 8 heteroatoms. The van der Waals surface area contributed by atoms with Gasteiger partial charge < -0.3 is 9.29 Å².